The molecule has 0 amide bonds. The van der Waals surface area contributed by atoms with Crippen molar-refractivity contribution in [3.05, 3.63) is 40.8 Å². The van der Waals surface area contributed by atoms with Crippen LogP contribution in [0.25, 0.3) is 17.3 Å². The lowest BCUT2D eigenvalue weighted by atomic mass is 10.2. The van der Waals surface area contributed by atoms with Gasteiger partial charge in [-0.1, -0.05) is 35.0 Å². The van der Waals surface area contributed by atoms with Gasteiger partial charge in [0.2, 0.25) is 0 Å². The average molecular weight is 347 g/mol. The smallest absolute Gasteiger partial charge is 0.280 e. The minimum absolute atomic E-state index is 0.267. The minimum Gasteiger partial charge on any atom is -0.332 e. The fourth-order valence-electron chi connectivity index (χ4n) is 2.41. The van der Waals surface area contributed by atoms with Crippen LogP contribution in [0.2, 0.25) is 5.02 Å². The molecule has 3 rings (SSSR count). The maximum atomic E-state index is 6.07. The summed E-state index contributed by atoms with van der Waals surface area (Å²) in [6.45, 7) is 4.09. The molecule has 1 aromatic carbocycles. The Bertz CT molecular complexity index is 828. The number of hydrogen-bond donors (Lipinski definition) is 1. The Kier molecular flexibility index (Phi) is 4.92. The van der Waals surface area contributed by atoms with Crippen LogP contribution in [0, 0.1) is 0 Å². The van der Waals surface area contributed by atoms with E-state index in [1.807, 2.05) is 38.2 Å². The van der Waals surface area contributed by atoms with Gasteiger partial charge in [0.15, 0.2) is 11.5 Å². The van der Waals surface area contributed by atoms with Crippen molar-refractivity contribution >= 4 is 11.6 Å². The van der Waals surface area contributed by atoms with Crippen molar-refractivity contribution in [3.8, 4) is 17.3 Å². The molecule has 1 unspecified atom stereocenters. The van der Waals surface area contributed by atoms with Gasteiger partial charge in [0, 0.05) is 17.5 Å². The Morgan fingerprint density at radius 3 is 2.92 bits per heavy atom. The predicted octanol–water partition coefficient (Wildman–Crippen LogP) is 2.68. The molecule has 2 aromatic heterocycles. The molecular formula is C16H19ClN6O. The lowest BCUT2D eigenvalue weighted by Crippen LogP contribution is -2.24. The second kappa shape index (κ2) is 7.11. The molecule has 24 heavy (non-hydrogen) atoms. The SMILES string of the molecule is CCc1c(-c2nc(CC(C)NC)no2)nnn1-c1cccc(Cl)c1. The number of halogens is 1. The van der Waals surface area contributed by atoms with Crippen LogP contribution in [0.15, 0.2) is 28.8 Å². The number of benzene rings is 1. The highest BCUT2D eigenvalue weighted by Gasteiger charge is 2.20. The monoisotopic (exact) mass is 346 g/mol. The van der Waals surface area contributed by atoms with Crippen molar-refractivity contribution in [1.82, 2.24) is 30.5 Å². The zero-order valence-corrected chi connectivity index (χ0v) is 14.6. The second-order valence-corrected chi connectivity index (χ2v) is 5.98. The number of aromatic nitrogens is 5. The van der Waals surface area contributed by atoms with Gasteiger partial charge < -0.3 is 9.84 Å². The van der Waals surface area contributed by atoms with Crippen LogP contribution in [0.1, 0.15) is 25.4 Å². The van der Waals surface area contributed by atoms with Crippen LogP contribution >= 0.6 is 11.6 Å². The summed E-state index contributed by atoms with van der Waals surface area (Å²) in [5.41, 5.74) is 2.35. The van der Waals surface area contributed by atoms with Gasteiger partial charge in [0.1, 0.15) is 0 Å². The molecule has 0 fully saturated rings. The molecule has 1 N–H and O–H groups in total. The normalized spacial score (nSPS) is 12.5. The van der Waals surface area contributed by atoms with Crippen LogP contribution < -0.4 is 5.32 Å². The largest absolute Gasteiger partial charge is 0.332 e. The Hall–Kier alpha value is -2.25. The molecule has 2 heterocycles. The molecule has 7 nitrogen and oxygen atoms in total. The van der Waals surface area contributed by atoms with Crippen molar-refractivity contribution in [2.45, 2.75) is 32.7 Å². The first-order chi connectivity index (χ1) is 11.6. The summed E-state index contributed by atoms with van der Waals surface area (Å²) in [6, 6.07) is 7.73. The van der Waals surface area contributed by atoms with E-state index < -0.39 is 0 Å². The summed E-state index contributed by atoms with van der Waals surface area (Å²) in [7, 11) is 1.90. The molecule has 0 spiro atoms. The summed E-state index contributed by atoms with van der Waals surface area (Å²) in [5.74, 6) is 1.03. The van der Waals surface area contributed by atoms with Crippen LogP contribution in [-0.2, 0) is 12.8 Å². The summed E-state index contributed by atoms with van der Waals surface area (Å²) in [5, 5.41) is 16.3. The van der Waals surface area contributed by atoms with E-state index in [1.165, 1.54) is 0 Å². The number of likely N-dealkylation sites (N-methyl/N-ethyl adjacent to an activating group) is 1. The van der Waals surface area contributed by atoms with Gasteiger partial charge in [-0.05, 0) is 38.6 Å². The number of nitrogens with zero attached hydrogens (tertiary/aromatic N) is 5. The lowest BCUT2D eigenvalue weighted by Gasteiger charge is -2.05. The number of nitrogens with one attached hydrogen (secondary N) is 1. The summed E-state index contributed by atoms with van der Waals surface area (Å²) in [4.78, 5) is 4.44. The van der Waals surface area contributed by atoms with Gasteiger partial charge in [-0.15, -0.1) is 5.10 Å². The Morgan fingerprint density at radius 1 is 1.38 bits per heavy atom. The van der Waals surface area contributed by atoms with Gasteiger partial charge in [-0.3, -0.25) is 0 Å². The first-order valence-corrected chi connectivity index (χ1v) is 8.21. The van der Waals surface area contributed by atoms with Crippen molar-refractivity contribution in [2.75, 3.05) is 7.05 Å². The fourth-order valence-corrected chi connectivity index (χ4v) is 2.59. The van der Waals surface area contributed by atoms with E-state index in [-0.39, 0.29) is 6.04 Å². The van der Waals surface area contributed by atoms with Gasteiger partial charge in [0.05, 0.1) is 11.4 Å². The molecule has 0 saturated carbocycles. The lowest BCUT2D eigenvalue weighted by molar-refractivity contribution is 0.416. The molecule has 1 atom stereocenters. The van der Waals surface area contributed by atoms with Crippen molar-refractivity contribution in [1.29, 1.82) is 0 Å². The maximum absolute atomic E-state index is 6.07. The molecule has 0 saturated heterocycles. The van der Waals surface area contributed by atoms with E-state index in [9.17, 15) is 0 Å². The summed E-state index contributed by atoms with van der Waals surface area (Å²) < 4.78 is 7.13. The average Bonchev–Trinajstić information content (AvgIpc) is 3.20. The van der Waals surface area contributed by atoms with Crippen molar-refractivity contribution in [3.63, 3.8) is 0 Å². The van der Waals surface area contributed by atoms with Crippen molar-refractivity contribution < 1.29 is 4.52 Å². The fraction of sp³-hybridized carbons (Fsp3) is 0.375. The van der Waals surface area contributed by atoms with Crippen molar-refractivity contribution in [2.24, 2.45) is 0 Å². The molecule has 126 valence electrons. The van der Waals surface area contributed by atoms with E-state index in [0.717, 1.165) is 17.8 Å². The van der Waals surface area contributed by atoms with Crippen LogP contribution in [-0.4, -0.2) is 38.2 Å². The highest BCUT2D eigenvalue weighted by Crippen LogP contribution is 2.24. The van der Waals surface area contributed by atoms with Gasteiger partial charge >= 0.3 is 0 Å². The topological polar surface area (TPSA) is 81.7 Å². The van der Waals surface area contributed by atoms with Crippen LogP contribution in [0.5, 0.6) is 0 Å². The predicted molar refractivity (Wildman–Crippen MR) is 91.3 cm³/mol. The molecule has 3 aromatic rings. The highest BCUT2D eigenvalue weighted by atomic mass is 35.5. The molecule has 8 heteroatoms. The van der Waals surface area contributed by atoms with E-state index in [1.54, 1.807) is 4.68 Å². The molecular weight excluding hydrogens is 328 g/mol. The van der Waals surface area contributed by atoms with E-state index in [0.29, 0.717) is 28.9 Å². The van der Waals surface area contributed by atoms with Crippen LogP contribution in [0.3, 0.4) is 0 Å². The Labute approximate surface area is 145 Å². The minimum atomic E-state index is 0.267. The zero-order valence-electron chi connectivity index (χ0n) is 13.8. The third-order valence-corrected chi connectivity index (χ3v) is 4.04. The molecule has 0 bridgehead atoms. The standard InChI is InChI=1S/C16H19ClN6O/c1-4-13-15(16-19-14(21-24-16)8-10(2)18-3)20-22-23(13)12-7-5-6-11(17)9-12/h5-7,9-10,18H,4,8H2,1-3H3. The molecule has 0 radical (unpaired) electrons. The number of rotatable bonds is 6. The molecule has 0 aliphatic rings. The Balaban J connectivity index is 1.95. The summed E-state index contributed by atoms with van der Waals surface area (Å²) in [6.07, 6.45) is 1.41. The third-order valence-electron chi connectivity index (χ3n) is 3.80. The molecule has 0 aliphatic heterocycles. The van der Waals surface area contributed by atoms with Gasteiger partial charge in [0.25, 0.3) is 5.89 Å². The van der Waals surface area contributed by atoms with Crippen LogP contribution in [0.4, 0.5) is 0 Å². The quantitative estimate of drug-likeness (QED) is 0.739. The zero-order chi connectivity index (χ0) is 17.1. The third kappa shape index (κ3) is 3.32. The first-order valence-electron chi connectivity index (χ1n) is 7.83. The summed E-state index contributed by atoms with van der Waals surface area (Å²) >= 11 is 6.07. The van der Waals surface area contributed by atoms with E-state index in [2.05, 4.69) is 32.7 Å². The van der Waals surface area contributed by atoms with E-state index in [4.69, 9.17) is 16.1 Å². The highest BCUT2D eigenvalue weighted by molar-refractivity contribution is 6.30. The number of hydrogen-bond acceptors (Lipinski definition) is 6. The van der Waals surface area contributed by atoms with Gasteiger partial charge in [-0.2, -0.15) is 4.98 Å². The maximum Gasteiger partial charge on any atom is 0.280 e. The second-order valence-electron chi connectivity index (χ2n) is 5.54. The molecule has 0 aliphatic carbocycles. The van der Waals surface area contributed by atoms with E-state index >= 15 is 0 Å². The van der Waals surface area contributed by atoms with Gasteiger partial charge in [-0.25, -0.2) is 4.68 Å². The Morgan fingerprint density at radius 2 is 2.21 bits per heavy atom. The first kappa shape index (κ1) is 16.6.